The molecule has 0 aromatic carbocycles. The molecule has 2 N–H and O–H groups in total. The lowest BCUT2D eigenvalue weighted by molar-refractivity contribution is 0.00578. The van der Waals surface area contributed by atoms with Crippen LogP contribution in [-0.4, -0.2) is 41.1 Å². The Kier molecular flexibility index (Phi) is 4.85. The minimum Gasteiger partial charge on any atom is -0.399 e. The van der Waals surface area contributed by atoms with Crippen LogP contribution in [0.1, 0.15) is 46.6 Å². The highest BCUT2D eigenvalue weighted by atomic mass is 16.7. The van der Waals surface area contributed by atoms with Gasteiger partial charge >= 0.3 is 7.12 Å². The smallest absolute Gasteiger partial charge is 0.399 e. The molecule has 0 amide bonds. The molecule has 1 aliphatic rings. The van der Waals surface area contributed by atoms with Gasteiger partial charge in [-0.25, -0.2) is 4.98 Å². The first-order valence-electron chi connectivity index (χ1n) is 7.86. The normalized spacial score (nSPS) is 21.0. The van der Waals surface area contributed by atoms with Crippen LogP contribution in [0.4, 0.5) is 5.82 Å². The zero-order valence-electron chi connectivity index (χ0n) is 14.4. The average Bonchev–Trinajstić information content (AvgIpc) is 2.57. The largest absolute Gasteiger partial charge is 0.496 e. The molecule has 1 aliphatic heterocycles. The zero-order valence-corrected chi connectivity index (χ0v) is 14.4. The molecule has 0 aliphatic carbocycles. The molecule has 22 heavy (non-hydrogen) atoms. The predicted molar refractivity (Wildman–Crippen MR) is 89.5 cm³/mol. The summed E-state index contributed by atoms with van der Waals surface area (Å²) in [7, 11) is -0.385. The molecule has 2 rings (SSSR count). The van der Waals surface area contributed by atoms with E-state index < -0.39 is 0 Å². The van der Waals surface area contributed by atoms with Crippen LogP contribution < -0.4 is 10.8 Å². The van der Waals surface area contributed by atoms with Crippen molar-refractivity contribution in [1.82, 2.24) is 4.98 Å². The van der Waals surface area contributed by atoms with E-state index in [2.05, 4.69) is 10.3 Å². The standard InChI is InChI=1S/C16H27BN2O3/c1-11-9-14(18-8-7-12(2)20)19-10-13(11)17-21-15(3,4)16(5,6)22-17/h9-10,12,20H,7-8H2,1-6H3,(H,18,19)/t12-/m0/s1. The molecule has 1 aromatic rings. The number of aliphatic hydroxyl groups is 1. The fourth-order valence-electron chi connectivity index (χ4n) is 2.29. The lowest BCUT2D eigenvalue weighted by Gasteiger charge is -2.32. The van der Waals surface area contributed by atoms with Gasteiger partial charge in [0.05, 0.1) is 17.3 Å². The maximum atomic E-state index is 9.28. The van der Waals surface area contributed by atoms with Crippen LogP contribution in [0.2, 0.25) is 0 Å². The maximum absolute atomic E-state index is 9.28. The van der Waals surface area contributed by atoms with Crippen LogP contribution in [0.5, 0.6) is 0 Å². The summed E-state index contributed by atoms with van der Waals surface area (Å²) in [6.45, 7) is 12.7. The Labute approximate surface area is 133 Å². The van der Waals surface area contributed by atoms with Crippen molar-refractivity contribution in [3.8, 4) is 0 Å². The number of aryl methyl sites for hydroxylation is 1. The van der Waals surface area contributed by atoms with Crippen LogP contribution in [0.25, 0.3) is 0 Å². The molecule has 122 valence electrons. The Bertz CT molecular complexity index is 516. The molecule has 0 spiro atoms. The van der Waals surface area contributed by atoms with E-state index in [1.807, 2.05) is 46.9 Å². The average molecular weight is 306 g/mol. The van der Waals surface area contributed by atoms with Gasteiger partial charge in [0, 0.05) is 18.2 Å². The van der Waals surface area contributed by atoms with E-state index in [1.165, 1.54) is 0 Å². The minimum absolute atomic E-state index is 0.308. The summed E-state index contributed by atoms with van der Waals surface area (Å²) in [5.41, 5.74) is 1.34. The van der Waals surface area contributed by atoms with E-state index in [-0.39, 0.29) is 24.4 Å². The third kappa shape index (κ3) is 3.62. The molecule has 0 radical (unpaired) electrons. The monoisotopic (exact) mass is 306 g/mol. The summed E-state index contributed by atoms with van der Waals surface area (Å²) in [4.78, 5) is 4.42. The number of aromatic nitrogens is 1. The molecular weight excluding hydrogens is 279 g/mol. The van der Waals surface area contributed by atoms with E-state index in [0.717, 1.165) is 16.8 Å². The van der Waals surface area contributed by atoms with Gasteiger partial charge in [0.1, 0.15) is 5.82 Å². The number of nitrogens with one attached hydrogen (secondary N) is 1. The highest BCUT2D eigenvalue weighted by molar-refractivity contribution is 6.62. The first-order valence-corrected chi connectivity index (χ1v) is 7.86. The quantitative estimate of drug-likeness (QED) is 0.813. The van der Waals surface area contributed by atoms with Crippen LogP contribution in [0.3, 0.4) is 0 Å². The second-order valence-electron chi connectivity index (χ2n) is 7.08. The number of aliphatic hydroxyl groups excluding tert-OH is 1. The molecule has 6 heteroatoms. The van der Waals surface area contributed by atoms with Gasteiger partial charge in [-0.3, -0.25) is 0 Å². The molecule has 5 nitrogen and oxygen atoms in total. The summed E-state index contributed by atoms with van der Waals surface area (Å²) in [6, 6.07) is 1.99. The lowest BCUT2D eigenvalue weighted by atomic mass is 9.77. The number of rotatable bonds is 5. The van der Waals surface area contributed by atoms with E-state index in [9.17, 15) is 5.11 Å². The van der Waals surface area contributed by atoms with Crippen molar-refractivity contribution >= 4 is 18.4 Å². The topological polar surface area (TPSA) is 63.6 Å². The van der Waals surface area contributed by atoms with Crippen molar-refractivity contribution in [2.45, 2.75) is 65.3 Å². The highest BCUT2D eigenvalue weighted by Gasteiger charge is 2.52. The number of hydrogen-bond donors (Lipinski definition) is 2. The van der Waals surface area contributed by atoms with Gasteiger partial charge < -0.3 is 19.7 Å². The highest BCUT2D eigenvalue weighted by Crippen LogP contribution is 2.36. The van der Waals surface area contributed by atoms with E-state index in [0.29, 0.717) is 13.0 Å². The molecular formula is C16H27BN2O3. The van der Waals surface area contributed by atoms with Crippen molar-refractivity contribution in [2.24, 2.45) is 0 Å². The molecule has 0 bridgehead atoms. The van der Waals surface area contributed by atoms with Gasteiger partial charge in [0.2, 0.25) is 0 Å². The van der Waals surface area contributed by atoms with Crippen molar-refractivity contribution in [3.63, 3.8) is 0 Å². The van der Waals surface area contributed by atoms with Crippen molar-refractivity contribution < 1.29 is 14.4 Å². The van der Waals surface area contributed by atoms with Crippen LogP contribution in [0, 0.1) is 6.92 Å². The van der Waals surface area contributed by atoms with Gasteiger partial charge in [-0.2, -0.15) is 0 Å². The van der Waals surface area contributed by atoms with Gasteiger partial charge in [-0.15, -0.1) is 0 Å². The second-order valence-corrected chi connectivity index (χ2v) is 7.08. The third-order valence-electron chi connectivity index (χ3n) is 4.53. The van der Waals surface area contributed by atoms with Crippen LogP contribution in [0.15, 0.2) is 12.3 Å². The Morgan fingerprint density at radius 1 is 1.27 bits per heavy atom. The fourth-order valence-corrected chi connectivity index (χ4v) is 2.29. The Morgan fingerprint density at radius 3 is 2.36 bits per heavy atom. The van der Waals surface area contributed by atoms with Crippen molar-refractivity contribution in [3.05, 3.63) is 17.8 Å². The maximum Gasteiger partial charge on any atom is 0.496 e. The van der Waals surface area contributed by atoms with Crippen LogP contribution >= 0.6 is 0 Å². The number of nitrogens with zero attached hydrogens (tertiary/aromatic N) is 1. The molecule has 1 saturated heterocycles. The van der Waals surface area contributed by atoms with Gasteiger partial charge in [0.15, 0.2) is 0 Å². The summed E-state index contributed by atoms with van der Waals surface area (Å²) >= 11 is 0. The van der Waals surface area contributed by atoms with Crippen molar-refractivity contribution in [2.75, 3.05) is 11.9 Å². The Morgan fingerprint density at radius 2 is 1.86 bits per heavy atom. The van der Waals surface area contributed by atoms with Gasteiger partial charge in [-0.1, -0.05) is 0 Å². The molecule has 0 unspecified atom stereocenters. The summed E-state index contributed by atoms with van der Waals surface area (Å²) in [5.74, 6) is 0.804. The third-order valence-corrected chi connectivity index (χ3v) is 4.53. The molecule has 1 aromatic heterocycles. The predicted octanol–water partition coefficient (Wildman–Crippen LogP) is 1.87. The Hall–Kier alpha value is -1.11. The van der Waals surface area contributed by atoms with E-state index in [1.54, 1.807) is 6.92 Å². The van der Waals surface area contributed by atoms with Gasteiger partial charge in [0.25, 0.3) is 0 Å². The first kappa shape index (κ1) is 17.3. The molecule has 0 saturated carbocycles. The molecule has 2 heterocycles. The summed E-state index contributed by atoms with van der Waals surface area (Å²) in [5, 5.41) is 12.5. The number of hydrogen-bond acceptors (Lipinski definition) is 5. The number of pyridine rings is 1. The molecule has 1 fully saturated rings. The van der Waals surface area contributed by atoms with Crippen LogP contribution in [-0.2, 0) is 9.31 Å². The molecule has 1 atom stereocenters. The number of anilines is 1. The van der Waals surface area contributed by atoms with E-state index >= 15 is 0 Å². The fraction of sp³-hybridized carbons (Fsp3) is 0.688. The van der Waals surface area contributed by atoms with E-state index in [4.69, 9.17) is 9.31 Å². The van der Waals surface area contributed by atoms with Gasteiger partial charge in [-0.05, 0) is 59.6 Å². The summed E-state index contributed by atoms with van der Waals surface area (Å²) < 4.78 is 12.1. The lowest BCUT2D eigenvalue weighted by Crippen LogP contribution is -2.41. The first-order chi connectivity index (χ1) is 10.1. The van der Waals surface area contributed by atoms with Crippen molar-refractivity contribution in [1.29, 1.82) is 0 Å². The SMILES string of the molecule is Cc1cc(NCC[C@H](C)O)ncc1B1OC(C)(C)C(C)(C)O1. The summed E-state index contributed by atoms with van der Waals surface area (Å²) in [6.07, 6.45) is 2.19. The Balaban J connectivity index is 2.08. The minimum atomic E-state index is -0.385. The second kappa shape index (κ2) is 6.18. The zero-order chi connectivity index (χ0) is 16.5.